The first-order valence-corrected chi connectivity index (χ1v) is 6.61. The van der Waals surface area contributed by atoms with Gasteiger partial charge >= 0.3 is 0 Å². The summed E-state index contributed by atoms with van der Waals surface area (Å²) in [5, 5.41) is 8.28. The van der Waals surface area contributed by atoms with Crippen molar-refractivity contribution in [1.82, 2.24) is 0 Å². The van der Waals surface area contributed by atoms with Gasteiger partial charge in [-0.25, -0.2) is 0 Å². The quantitative estimate of drug-likeness (QED) is 0.283. The monoisotopic (exact) mass is 219 g/mol. The van der Waals surface area contributed by atoms with E-state index in [1.54, 1.807) is 6.08 Å². The Morgan fingerprint density at radius 1 is 0.812 bits per heavy atom. The number of nitriles is 1. The van der Waals surface area contributed by atoms with Crippen LogP contribution < -0.4 is 0 Å². The molecule has 0 atom stereocenters. The van der Waals surface area contributed by atoms with E-state index in [0.29, 0.717) is 0 Å². The van der Waals surface area contributed by atoms with Crippen molar-refractivity contribution in [1.29, 1.82) is 5.26 Å². The van der Waals surface area contributed by atoms with Crippen molar-refractivity contribution in [3.05, 3.63) is 24.3 Å². The molecule has 0 saturated carbocycles. The van der Waals surface area contributed by atoms with E-state index in [-0.39, 0.29) is 0 Å². The summed E-state index contributed by atoms with van der Waals surface area (Å²) >= 11 is 0. The number of nitrogens with zero attached hydrogens (tertiary/aromatic N) is 1. The minimum atomic E-state index is 1.05. The summed E-state index contributed by atoms with van der Waals surface area (Å²) < 4.78 is 0. The number of hydrogen-bond donors (Lipinski definition) is 0. The highest BCUT2D eigenvalue weighted by Gasteiger charge is 1.86. The zero-order valence-corrected chi connectivity index (χ0v) is 10.6. The smallest absolute Gasteiger partial charge is 0.0908 e. The van der Waals surface area contributed by atoms with Crippen LogP contribution in [0.3, 0.4) is 0 Å². The molecule has 0 rings (SSSR count). The molecule has 0 N–H and O–H groups in total. The summed E-state index contributed by atoms with van der Waals surface area (Å²) in [6.07, 6.45) is 19.5. The van der Waals surface area contributed by atoms with Crippen molar-refractivity contribution in [3.63, 3.8) is 0 Å². The third kappa shape index (κ3) is 13.0. The highest BCUT2D eigenvalue weighted by atomic mass is 14.2. The second-order valence-electron chi connectivity index (χ2n) is 4.14. The third-order valence-electron chi connectivity index (χ3n) is 2.57. The topological polar surface area (TPSA) is 23.8 Å². The number of unbranched alkanes of at least 4 members (excludes halogenated alkanes) is 7. The number of rotatable bonds is 10. The van der Waals surface area contributed by atoms with Crippen molar-refractivity contribution >= 4 is 0 Å². The maximum Gasteiger partial charge on any atom is 0.0908 e. The van der Waals surface area contributed by atoms with E-state index in [4.69, 9.17) is 5.26 Å². The van der Waals surface area contributed by atoms with E-state index in [0.717, 1.165) is 6.42 Å². The minimum Gasteiger partial charge on any atom is -0.193 e. The molecule has 0 aliphatic heterocycles. The minimum absolute atomic E-state index is 1.05. The van der Waals surface area contributed by atoms with E-state index in [1.165, 1.54) is 51.4 Å². The highest BCUT2D eigenvalue weighted by Crippen LogP contribution is 2.05. The molecular weight excluding hydrogens is 194 g/mol. The van der Waals surface area contributed by atoms with Crippen molar-refractivity contribution in [2.24, 2.45) is 0 Å². The molecule has 0 aromatic heterocycles. The molecule has 0 aliphatic carbocycles. The van der Waals surface area contributed by atoms with Gasteiger partial charge in [-0.2, -0.15) is 5.26 Å². The van der Waals surface area contributed by atoms with Gasteiger partial charge in [-0.3, -0.25) is 0 Å². The fourth-order valence-electron chi connectivity index (χ4n) is 1.59. The van der Waals surface area contributed by atoms with Gasteiger partial charge in [0.2, 0.25) is 0 Å². The molecule has 0 amide bonds. The van der Waals surface area contributed by atoms with Crippen LogP contribution in [0.25, 0.3) is 0 Å². The van der Waals surface area contributed by atoms with Crippen LogP contribution in [0.1, 0.15) is 64.7 Å². The van der Waals surface area contributed by atoms with Crippen LogP contribution in [0.2, 0.25) is 0 Å². The molecule has 16 heavy (non-hydrogen) atoms. The Labute approximate surface area is 101 Å². The lowest BCUT2D eigenvalue weighted by molar-refractivity contribution is 0.692. The van der Waals surface area contributed by atoms with Crippen LogP contribution >= 0.6 is 0 Å². The third-order valence-corrected chi connectivity index (χ3v) is 2.57. The zero-order chi connectivity index (χ0) is 11.9. The maximum atomic E-state index is 8.28. The van der Waals surface area contributed by atoms with Gasteiger partial charge in [-0.05, 0) is 38.5 Å². The van der Waals surface area contributed by atoms with E-state index in [1.807, 2.05) is 12.1 Å². The normalized spacial score (nSPS) is 11.2. The van der Waals surface area contributed by atoms with E-state index in [2.05, 4.69) is 19.1 Å². The summed E-state index contributed by atoms with van der Waals surface area (Å²) in [6, 6.07) is 2.01. The first-order valence-electron chi connectivity index (χ1n) is 6.61. The molecule has 0 aliphatic rings. The molecule has 0 fully saturated rings. The lowest BCUT2D eigenvalue weighted by atomic mass is 10.1. The summed E-state index contributed by atoms with van der Waals surface area (Å²) in [6.45, 7) is 2.24. The first kappa shape index (κ1) is 15.0. The largest absolute Gasteiger partial charge is 0.193 e. The van der Waals surface area contributed by atoms with Gasteiger partial charge in [0.1, 0.15) is 0 Å². The van der Waals surface area contributed by atoms with Gasteiger partial charge in [0.25, 0.3) is 0 Å². The Balaban J connectivity index is 3.09. The van der Waals surface area contributed by atoms with Crippen molar-refractivity contribution in [2.75, 3.05) is 0 Å². The zero-order valence-electron chi connectivity index (χ0n) is 10.6. The summed E-state index contributed by atoms with van der Waals surface area (Å²) in [5.74, 6) is 0. The lowest BCUT2D eigenvalue weighted by Crippen LogP contribution is -1.75. The van der Waals surface area contributed by atoms with Crippen molar-refractivity contribution in [2.45, 2.75) is 64.7 Å². The Morgan fingerprint density at radius 2 is 1.38 bits per heavy atom. The number of allylic oxidation sites excluding steroid dienone is 4. The fourth-order valence-corrected chi connectivity index (χ4v) is 1.59. The average Bonchev–Trinajstić information content (AvgIpc) is 2.31. The van der Waals surface area contributed by atoms with Gasteiger partial charge in [0.05, 0.1) is 6.07 Å². The van der Waals surface area contributed by atoms with Gasteiger partial charge < -0.3 is 0 Å². The molecule has 0 aromatic rings. The van der Waals surface area contributed by atoms with Crippen LogP contribution in [0, 0.1) is 11.3 Å². The predicted octanol–water partition coefficient (Wildman–Crippen LogP) is 5.15. The Bertz CT molecular complexity index is 220. The van der Waals surface area contributed by atoms with E-state index in [9.17, 15) is 0 Å². The summed E-state index contributed by atoms with van der Waals surface area (Å²) in [5.41, 5.74) is 0. The van der Waals surface area contributed by atoms with Crippen LogP contribution in [0.15, 0.2) is 24.3 Å². The molecule has 0 aromatic carbocycles. The van der Waals surface area contributed by atoms with E-state index >= 15 is 0 Å². The standard InChI is InChI=1S/C15H25N/c1-2-3-4-5-6-7-8-9-10-11-12-13-14-15-16/h6-7,13-14H,2-5,8-12H2,1H3/b7-6+,14-13+. The van der Waals surface area contributed by atoms with E-state index < -0.39 is 0 Å². The van der Waals surface area contributed by atoms with Crippen LogP contribution in [0.5, 0.6) is 0 Å². The van der Waals surface area contributed by atoms with Crippen LogP contribution in [-0.2, 0) is 0 Å². The van der Waals surface area contributed by atoms with Gasteiger partial charge in [0, 0.05) is 6.08 Å². The predicted molar refractivity (Wildman–Crippen MR) is 71.1 cm³/mol. The second kappa shape index (κ2) is 14.0. The molecular formula is C15H25N. The average molecular weight is 219 g/mol. The highest BCUT2D eigenvalue weighted by molar-refractivity contribution is 5.01. The Morgan fingerprint density at radius 3 is 1.94 bits per heavy atom. The molecule has 0 radical (unpaired) electrons. The molecule has 1 heteroatoms. The molecule has 0 bridgehead atoms. The summed E-state index contributed by atoms with van der Waals surface area (Å²) in [7, 11) is 0. The SMILES string of the molecule is CCCCC/C=C/CCCCC/C=C/C#N. The maximum absolute atomic E-state index is 8.28. The van der Waals surface area contributed by atoms with Gasteiger partial charge in [-0.15, -0.1) is 0 Å². The second-order valence-corrected chi connectivity index (χ2v) is 4.14. The molecule has 0 spiro atoms. The fraction of sp³-hybridized carbons (Fsp3) is 0.667. The number of hydrogen-bond acceptors (Lipinski definition) is 1. The molecule has 0 heterocycles. The molecule has 1 nitrogen and oxygen atoms in total. The van der Waals surface area contributed by atoms with Crippen molar-refractivity contribution < 1.29 is 0 Å². The molecule has 90 valence electrons. The molecule has 0 saturated heterocycles. The van der Waals surface area contributed by atoms with Gasteiger partial charge in [-0.1, -0.05) is 44.4 Å². The summed E-state index contributed by atoms with van der Waals surface area (Å²) in [4.78, 5) is 0. The van der Waals surface area contributed by atoms with Gasteiger partial charge in [0.15, 0.2) is 0 Å². The van der Waals surface area contributed by atoms with Crippen LogP contribution in [0.4, 0.5) is 0 Å². The Kier molecular flexibility index (Phi) is 13.1. The van der Waals surface area contributed by atoms with Crippen LogP contribution in [-0.4, -0.2) is 0 Å². The molecule has 0 unspecified atom stereocenters. The lowest BCUT2D eigenvalue weighted by Gasteiger charge is -1.95. The van der Waals surface area contributed by atoms with Crippen molar-refractivity contribution in [3.8, 4) is 6.07 Å². The Hall–Kier alpha value is -1.03. The first-order chi connectivity index (χ1) is 7.91.